The van der Waals surface area contributed by atoms with Crippen LogP contribution in [0.2, 0.25) is 0 Å². The number of hydrogen-bond acceptors (Lipinski definition) is 3. The van der Waals surface area contributed by atoms with Crippen molar-refractivity contribution >= 4 is 17.3 Å². The molecule has 1 aromatic carbocycles. The number of non-ortho nitro benzene ring substituents is 1. The molecular formula is C17H24N3O3+. The van der Waals surface area contributed by atoms with E-state index in [2.05, 4.69) is 5.32 Å². The molecule has 1 saturated heterocycles. The molecule has 0 aromatic heterocycles. The highest BCUT2D eigenvalue weighted by molar-refractivity contribution is 5.91. The molecule has 6 heteroatoms. The van der Waals surface area contributed by atoms with Gasteiger partial charge in [0.1, 0.15) is 0 Å². The fourth-order valence-corrected chi connectivity index (χ4v) is 4.20. The van der Waals surface area contributed by atoms with E-state index >= 15 is 0 Å². The molecule has 2 fully saturated rings. The van der Waals surface area contributed by atoms with Gasteiger partial charge in [0.05, 0.1) is 17.5 Å². The molecule has 124 valence electrons. The second kappa shape index (κ2) is 7.08. The minimum Gasteiger partial charge on any atom is -0.324 e. The summed E-state index contributed by atoms with van der Waals surface area (Å²) in [6.45, 7) is 1.52. The zero-order valence-corrected chi connectivity index (χ0v) is 13.3. The molecule has 1 heterocycles. The zero-order chi connectivity index (χ0) is 16.2. The molecule has 1 aliphatic carbocycles. The van der Waals surface area contributed by atoms with E-state index in [1.165, 1.54) is 55.6 Å². The van der Waals surface area contributed by atoms with Crippen molar-refractivity contribution in [3.8, 4) is 0 Å². The lowest BCUT2D eigenvalue weighted by Gasteiger charge is -2.40. The molecule has 0 bridgehead atoms. The lowest BCUT2D eigenvalue weighted by molar-refractivity contribution is -0.928. The molecule has 0 radical (unpaired) electrons. The number of nitro benzene ring substituents is 1. The first-order chi connectivity index (χ1) is 11.1. The molecule has 6 nitrogen and oxygen atoms in total. The zero-order valence-electron chi connectivity index (χ0n) is 13.3. The minimum absolute atomic E-state index is 0.000430. The summed E-state index contributed by atoms with van der Waals surface area (Å²) in [6.07, 6.45) is 7.64. The molecule has 2 N–H and O–H groups in total. The van der Waals surface area contributed by atoms with Crippen molar-refractivity contribution in [3.05, 3.63) is 34.4 Å². The van der Waals surface area contributed by atoms with Gasteiger partial charge in [0, 0.05) is 23.7 Å². The first-order valence-electron chi connectivity index (χ1n) is 8.52. The van der Waals surface area contributed by atoms with Crippen molar-refractivity contribution in [3.63, 3.8) is 0 Å². The second-order valence-corrected chi connectivity index (χ2v) is 6.73. The van der Waals surface area contributed by atoms with Crippen molar-refractivity contribution in [2.75, 3.05) is 18.4 Å². The summed E-state index contributed by atoms with van der Waals surface area (Å²) in [5, 5.41) is 13.6. The number of anilines is 1. The van der Waals surface area contributed by atoms with Crippen molar-refractivity contribution in [1.29, 1.82) is 0 Å². The van der Waals surface area contributed by atoms with Crippen LogP contribution in [-0.2, 0) is 4.79 Å². The van der Waals surface area contributed by atoms with E-state index in [1.54, 1.807) is 12.1 Å². The van der Waals surface area contributed by atoms with E-state index < -0.39 is 4.92 Å². The number of likely N-dealkylation sites (tertiary alicyclic amines) is 1. The van der Waals surface area contributed by atoms with E-state index in [1.807, 2.05) is 0 Å². The Kier molecular flexibility index (Phi) is 4.91. The minimum atomic E-state index is -0.446. The van der Waals surface area contributed by atoms with Crippen molar-refractivity contribution in [1.82, 2.24) is 0 Å². The fraction of sp³-hybridized carbons (Fsp3) is 0.588. The van der Waals surface area contributed by atoms with Crippen LogP contribution in [0.3, 0.4) is 0 Å². The van der Waals surface area contributed by atoms with Crippen molar-refractivity contribution in [2.24, 2.45) is 5.92 Å². The van der Waals surface area contributed by atoms with Crippen molar-refractivity contribution < 1.29 is 14.6 Å². The van der Waals surface area contributed by atoms with Crippen LogP contribution in [0.5, 0.6) is 0 Å². The van der Waals surface area contributed by atoms with Crippen LogP contribution < -0.4 is 10.2 Å². The Morgan fingerprint density at radius 1 is 1.26 bits per heavy atom. The summed E-state index contributed by atoms with van der Waals surface area (Å²) in [6, 6.07) is 6.75. The molecule has 1 aliphatic heterocycles. The lowest BCUT2D eigenvalue weighted by Crippen LogP contribution is -3.18. The second-order valence-electron chi connectivity index (χ2n) is 6.73. The number of quaternary nitrogens is 1. The fourth-order valence-electron chi connectivity index (χ4n) is 4.20. The summed E-state index contributed by atoms with van der Waals surface area (Å²) < 4.78 is 0. The maximum absolute atomic E-state index is 12.3. The summed E-state index contributed by atoms with van der Waals surface area (Å²) >= 11 is 0. The van der Waals surface area contributed by atoms with Gasteiger partial charge in [-0.05, 0) is 38.2 Å². The SMILES string of the molecule is O=C(C[NH+]1CCC[C@H]2CCCC[C@@H]21)Nc1cccc([N+](=O)[O-])c1. The van der Waals surface area contributed by atoms with Crippen LogP contribution in [0.4, 0.5) is 11.4 Å². The predicted octanol–water partition coefficient (Wildman–Crippen LogP) is 1.77. The number of nitrogens with one attached hydrogen (secondary N) is 2. The Morgan fingerprint density at radius 3 is 2.87 bits per heavy atom. The quantitative estimate of drug-likeness (QED) is 0.656. The van der Waals surface area contributed by atoms with Gasteiger partial charge in [-0.3, -0.25) is 14.9 Å². The average Bonchev–Trinajstić information content (AvgIpc) is 2.55. The van der Waals surface area contributed by atoms with E-state index in [0.29, 0.717) is 18.3 Å². The molecule has 3 rings (SSSR count). The number of nitrogens with zero attached hydrogens (tertiary/aromatic N) is 1. The van der Waals surface area contributed by atoms with Gasteiger partial charge in [-0.2, -0.15) is 0 Å². The van der Waals surface area contributed by atoms with Crippen LogP contribution in [0.15, 0.2) is 24.3 Å². The Labute approximate surface area is 136 Å². The largest absolute Gasteiger partial charge is 0.324 e. The number of benzene rings is 1. The number of carbonyl (C=O) groups is 1. The van der Waals surface area contributed by atoms with Gasteiger partial charge in [-0.1, -0.05) is 12.5 Å². The first-order valence-corrected chi connectivity index (χ1v) is 8.52. The molecule has 1 aromatic rings. The highest BCUT2D eigenvalue weighted by Gasteiger charge is 2.37. The van der Waals surface area contributed by atoms with Crippen LogP contribution >= 0.6 is 0 Å². The standard InChI is InChI=1S/C17H23N3O3/c21-17(18-14-7-3-8-15(11-14)20(22)23)12-19-10-4-6-13-5-1-2-9-16(13)19/h3,7-8,11,13,16H,1-2,4-6,9-10,12H2,(H,18,21)/p+1/t13-,16+/m1/s1. The van der Waals surface area contributed by atoms with Gasteiger partial charge in [0.15, 0.2) is 6.54 Å². The van der Waals surface area contributed by atoms with E-state index in [9.17, 15) is 14.9 Å². The molecule has 3 atom stereocenters. The normalized spacial score (nSPS) is 27.0. The lowest BCUT2D eigenvalue weighted by atomic mass is 9.78. The van der Waals surface area contributed by atoms with Crippen LogP contribution in [0, 0.1) is 16.0 Å². The Morgan fingerprint density at radius 2 is 2.04 bits per heavy atom. The number of fused-ring (bicyclic) bond motifs is 1. The highest BCUT2D eigenvalue weighted by Crippen LogP contribution is 2.28. The summed E-state index contributed by atoms with van der Waals surface area (Å²) in [5.74, 6) is 0.727. The van der Waals surface area contributed by atoms with Crippen molar-refractivity contribution in [2.45, 2.75) is 44.6 Å². The highest BCUT2D eigenvalue weighted by atomic mass is 16.6. The van der Waals surface area contributed by atoms with Crippen LogP contribution in [-0.4, -0.2) is 30.0 Å². The molecule has 0 spiro atoms. The van der Waals surface area contributed by atoms with E-state index in [0.717, 1.165) is 12.5 Å². The molecular weight excluding hydrogens is 294 g/mol. The number of rotatable bonds is 4. The monoisotopic (exact) mass is 318 g/mol. The number of piperidine rings is 1. The first kappa shape index (κ1) is 15.9. The Balaban J connectivity index is 1.60. The third kappa shape index (κ3) is 3.88. The number of amides is 1. The number of nitro groups is 1. The van der Waals surface area contributed by atoms with Gasteiger partial charge in [0.25, 0.3) is 11.6 Å². The molecule has 2 aliphatic rings. The molecule has 23 heavy (non-hydrogen) atoms. The smallest absolute Gasteiger partial charge is 0.279 e. The molecule has 1 saturated carbocycles. The predicted molar refractivity (Wildman–Crippen MR) is 87.4 cm³/mol. The third-order valence-electron chi connectivity index (χ3n) is 5.23. The maximum atomic E-state index is 12.3. The van der Waals surface area contributed by atoms with Crippen LogP contribution in [0.1, 0.15) is 38.5 Å². The summed E-state index contributed by atoms with van der Waals surface area (Å²) in [5.41, 5.74) is 0.501. The van der Waals surface area contributed by atoms with Gasteiger partial charge in [0.2, 0.25) is 0 Å². The van der Waals surface area contributed by atoms with E-state index in [4.69, 9.17) is 0 Å². The summed E-state index contributed by atoms with van der Waals surface area (Å²) in [7, 11) is 0. The Bertz CT molecular complexity index is 588. The topological polar surface area (TPSA) is 76.7 Å². The van der Waals surface area contributed by atoms with E-state index in [-0.39, 0.29) is 11.6 Å². The number of carbonyl (C=O) groups excluding carboxylic acids is 1. The van der Waals surface area contributed by atoms with Gasteiger partial charge in [-0.15, -0.1) is 0 Å². The number of hydrogen-bond donors (Lipinski definition) is 2. The maximum Gasteiger partial charge on any atom is 0.279 e. The summed E-state index contributed by atoms with van der Waals surface area (Å²) in [4.78, 5) is 24.1. The van der Waals surface area contributed by atoms with Crippen LogP contribution in [0.25, 0.3) is 0 Å². The van der Waals surface area contributed by atoms with Gasteiger partial charge in [-0.25, -0.2) is 0 Å². The van der Waals surface area contributed by atoms with Gasteiger partial charge < -0.3 is 10.2 Å². The molecule has 1 amide bonds. The molecule has 1 unspecified atom stereocenters. The Hall–Kier alpha value is -1.95. The van der Waals surface area contributed by atoms with Gasteiger partial charge >= 0.3 is 0 Å². The third-order valence-corrected chi connectivity index (χ3v) is 5.23. The average molecular weight is 318 g/mol.